The maximum absolute atomic E-state index is 11.4. The van der Waals surface area contributed by atoms with Gasteiger partial charge in [-0.2, -0.15) is 5.10 Å². The molecule has 23 heavy (non-hydrogen) atoms. The molecule has 0 aliphatic heterocycles. The zero-order valence-corrected chi connectivity index (χ0v) is 14.8. The van der Waals surface area contributed by atoms with Crippen LogP contribution in [0, 0.1) is 5.92 Å². The predicted molar refractivity (Wildman–Crippen MR) is 90.4 cm³/mol. The number of rotatable bonds is 6. The molecule has 2 N–H and O–H groups in total. The van der Waals surface area contributed by atoms with E-state index in [1.165, 1.54) is 12.1 Å². The molecule has 2 aromatic rings. The molecule has 0 amide bonds. The summed E-state index contributed by atoms with van der Waals surface area (Å²) in [5.74, 6) is 2.09. The first kappa shape index (κ1) is 17.6. The van der Waals surface area contributed by atoms with Gasteiger partial charge in [-0.25, -0.2) is 23.2 Å². The summed E-state index contributed by atoms with van der Waals surface area (Å²) in [6, 6.07) is 6.60. The van der Waals surface area contributed by atoms with Crippen molar-refractivity contribution in [3.8, 4) is 11.4 Å². The Bertz CT molecular complexity index is 764. The summed E-state index contributed by atoms with van der Waals surface area (Å²) >= 11 is 0. The van der Waals surface area contributed by atoms with E-state index in [0.29, 0.717) is 5.92 Å². The van der Waals surface area contributed by atoms with Gasteiger partial charge < -0.3 is 0 Å². The largest absolute Gasteiger partial charge is 0.243 e. The minimum Gasteiger partial charge on any atom is -0.243 e. The fraction of sp³-hybridized carbons (Fsp3) is 0.500. The molecule has 0 aliphatic carbocycles. The molecule has 1 heterocycles. The molecule has 0 radical (unpaired) electrons. The molecular formula is C16H24N4O2S. The van der Waals surface area contributed by atoms with Crippen LogP contribution in [-0.2, 0) is 16.4 Å². The molecule has 1 aromatic carbocycles. The van der Waals surface area contributed by atoms with Gasteiger partial charge >= 0.3 is 0 Å². The van der Waals surface area contributed by atoms with Crippen LogP contribution >= 0.6 is 0 Å². The van der Waals surface area contributed by atoms with Crippen LogP contribution in [0.4, 0.5) is 0 Å². The van der Waals surface area contributed by atoms with Crippen LogP contribution in [-0.4, -0.2) is 23.2 Å². The monoisotopic (exact) mass is 336 g/mol. The highest BCUT2D eigenvalue weighted by Gasteiger charge is 2.16. The number of sulfonamides is 1. The van der Waals surface area contributed by atoms with E-state index in [4.69, 9.17) is 5.14 Å². The van der Waals surface area contributed by atoms with Gasteiger partial charge in [0.2, 0.25) is 10.0 Å². The van der Waals surface area contributed by atoms with Crippen molar-refractivity contribution >= 4 is 10.0 Å². The van der Waals surface area contributed by atoms with E-state index in [1.807, 2.05) is 18.5 Å². The lowest BCUT2D eigenvalue weighted by Gasteiger charge is -2.09. The lowest BCUT2D eigenvalue weighted by molar-refractivity contribution is 0.509. The molecule has 0 saturated carbocycles. The van der Waals surface area contributed by atoms with Crippen LogP contribution in [0.3, 0.4) is 0 Å². The van der Waals surface area contributed by atoms with Crippen LogP contribution in [0.15, 0.2) is 29.2 Å². The standard InChI is InChI=1S/C16H24N4O2S/c1-5-12(4)10-15-18-16(20(19-15)11(2)3)13-6-8-14(9-7-13)23(17,21)22/h6-9,11-12H,5,10H2,1-4H3,(H2,17,21,22). The summed E-state index contributed by atoms with van der Waals surface area (Å²) in [6.07, 6.45) is 1.91. The summed E-state index contributed by atoms with van der Waals surface area (Å²) in [7, 11) is -3.69. The van der Waals surface area contributed by atoms with E-state index in [1.54, 1.807) is 12.1 Å². The number of hydrogen-bond donors (Lipinski definition) is 1. The Hall–Kier alpha value is -1.73. The number of aromatic nitrogens is 3. The molecular weight excluding hydrogens is 312 g/mol. The molecule has 0 aliphatic rings. The molecule has 2 rings (SSSR count). The van der Waals surface area contributed by atoms with Gasteiger partial charge in [-0.15, -0.1) is 0 Å². The summed E-state index contributed by atoms with van der Waals surface area (Å²) in [4.78, 5) is 4.75. The highest BCUT2D eigenvalue weighted by Crippen LogP contribution is 2.23. The molecule has 6 nitrogen and oxygen atoms in total. The normalized spacial score (nSPS) is 13.5. The molecule has 1 unspecified atom stereocenters. The Kier molecular flexibility index (Phi) is 5.21. The topological polar surface area (TPSA) is 90.9 Å². The smallest absolute Gasteiger partial charge is 0.238 e. The van der Waals surface area contributed by atoms with Gasteiger partial charge in [0.1, 0.15) is 0 Å². The maximum Gasteiger partial charge on any atom is 0.238 e. The first-order valence-electron chi connectivity index (χ1n) is 7.81. The third kappa shape index (κ3) is 4.17. The van der Waals surface area contributed by atoms with Gasteiger partial charge in [0, 0.05) is 18.0 Å². The van der Waals surface area contributed by atoms with E-state index < -0.39 is 10.0 Å². The van der Waals surface area contributed by atoms with Gasteiger partial charge in [0.25, 0.3) is 0 Å². The van der Waals surface area contributed by atoms with Crippen molar-refractivity contribution in [3.63, 3.8) is 0 Å². The fourth-order valence-electron chi connectivity index (χ4n) is 2.26. The molecule has 0 bridgehead atoms. The van der Waals surface area contributed by atoms with Crippen molar-refractivity contribution in [1.29, 1.82) is 0 Å². The van der Waals surface area contributed by atoms with E-state index in [2.05, 4.69) is 23.9 Å². The second-order valence-electron chi connectivity index (χ2n) is 6.18. The summed E-state index contributed by atoms with van der Waals surface area (Å²) in [6.45, 7) is 8.42. The van der Waals surface area contributed by atoms with Crippen LogP contribution < -0.4 is 5.14 Å². The summed E-state index contributed by atoms with van der Waals surface area (Å²) < 4.78 is 24.6. The van der Waals surface area contributed by atoms with Crippen molar-refractivity contribution in [2.45, 2.75) is 51.5 Å². The highest BCUT2D eigenvalue weighted by molar-refractivity contribution is 7.89. The van der Waals surface area contributed by atoms with E-state index in [-0.39, 0.29) is 10.9 Å². The van der Waals surface area contributed by atoms with Gasteiger partial charge in [-0.05, 0) is 44.0 Å². The third-order valence-corrected chi connectivity index (χ3v) is 4.76. The van der Waals surface area contributed by atoms with Crippen molar-refractivity contribution in [3.05, 3.63) is 30.1 Å². The molecule has 1 aromatic heterocycles. The second kappa shape index (κ2) is 6.80. The average Bonchev–Trinajstić information content (AvgIpc) is 2.90. The Morgan fingerprint density at radius 3 is 2.26 bits per heavy atom. The van der Waals surface area contributed by atoms with E-state index in [0.717, 1.165) is 30.1 Å². The lowest BCUT2D eigenvalue weighted by atomic mass is 10.1. The van der Waals surface area contributed by atoms with Gasteiger partial charge in [-0.1, -0.05) is 20.3 Å². The molecule has 126 valence electrons. The fourth-order valence-corrected chi connectivity index (χ4v) is 2.78. The third-order valence-electron chi connectivity index (χ3n) is 3.83. The second-order valence-corrected chi connectivity index (χ2v) is 7.74. The zero-order valence-electron chi connectivity index (χ0n) is 14.0. The Balaban J connectivity index is 2.41. The Morgan fingerprint density at radius 2 is 1.78 bits per heavy atom. The molecule has 7 heteroatoms. The number of nitrogens with two attached hydrogens (primary N) is 1. The first-order valence-corrected chi connectivity index (χ1v) is 9.35. The Labute approximate surface area is 137 Å². The number of hydrogen-bond acceptors (Lipinski definition) is 4. The van der Waals surface area contributed by atoms with E-state index >= 15 is 0 Å². The van der Waals surface area contributed by atoms with Gasteiger partial charge in [-0.3, -0.25) is 0 Å². The van der Waals surface area contributed by atoms with E-state index in [9.17, 15) is 8.42 Å². The summed E-state index contributed by atoms with van der Waals surface area (Å²) in [5, 5.41) is 9.74. The van der Waals surface area contributed by atoms with Crippen molar-refractivity contribution in [1.82, 2.24) is 14.8 Å². The number of nitrogens with zero attached hydrogens (tertiary/aromatic N) is 3. The first-order chi connectivity index (χ1) is 10.7. The molecule has 0 saturated heterocycles. The van der Waals surface area contributed by atoms with Gasteiger partial charge in [0.05, 0.1) is 4.90 Å². The van der Waals surface area contributed by atoms with Crippen LogP contribution in [0.25, 0.3) is 11.4 Å². The zero-order chi connectivity index (χ0) is 17.2. The number of primary sulfonamides is 1. The molecule has 1 atom stereocenters. The van der Waals surface area contributed by atoms with Crippen LogP contribution in [0.5, 0.6) is 0 Å². The van der Waals surface area contributed by atoms with Crippen molar-refractivity contribution in [2.75, 3.05) is 0 Å². The van der Waals surface area contributed by atoms with Gasteiger partial charge in [0.15, 0.2) is 11.6 Å². The SMILES string of the molecule is CCC(C)Cc1nc(-c2ccc(S(N)(=O)=O)cc2)n(C(C)C)n1. The van der Waals surface area contributed by atoms with Crippen molar-refractivity contribution in [2.24, 2.45) is 11.1 Å². The minimum atomic E-state index is -3.69. The maximum atomic E-state index is 11.4. The number of benzene rings is 1. The van der Waals surface area contributed by atoms with Crippen LogP contribution in [0.1, 0.15) is 46.0 Å². The predicted octanol–water partition coefficient (Wildman–Crippen LogP) is 2.76. The van der Waals surface area contributed by atoms with Crippen LogP contribution in [0.2, 0.25) is 0 Å². The summed E-state index contributed by atoms with van der Waals surface area (Å²) in [5.41, 5.74) is 0.828. The Morgan fingerprint density at radius 1 is 1.17 bits per heavy atom. The highest BCUT2D eigenvalue weighted by atomic mass is 32.2. The minimum absolute atomic E-state index is 0.0942. The molecule has 0 fully saturated rings. The average molecular weight is 336 g/mol. The quantitative estimate of drug-likeness (QED) is 0.878. The molecule has 0 spiro atoms. The van der Waals surface area contributed by atoms with Crippen molar-refractivity contribution < 1.29 is 8.42 Å². The lowest BCUT2D eigenvalue weighted by Crippen LogP contribution is -2.12.